The smallest absolute Gasteiger partial charge is 0.341 e. The Labute approximate surface area is 154 Å². The molecule has 1 aromatic carbocycles. The third-order valence-electron chi connectivity index (χ3n) is 4.22. The zero-order valence-electron chi connectivity index (χ0n) is 14.2. The number of ether oxygens (including phenoxy) is 1. The highest BCUT2D eigenvalue weighted by molar-refractivity contribution is 7.17. The molecule has 3 rings (SSSR count). The summed E-state index contributed by atoms with van der Waals surface area (Å²) in [5.74, 6) is -1.08. The number of carbonyl (C=O) groups is 2. The van der Waals surface area contributed by atoms with Gasteiger partial charge < -0.3 is 10.1 Å². The number of para-hydroxylation sites is 1. The number of nitrogens with one attached hydrogen (secondary N) is 1. The van der Waals surface area contributed by atoms with Crippen LogP contribution in [0, 0.1) is 10.1 Å². The summed E-state index contributed by atoms with van der Waals surface area (Å²) in [5.41, 5.74) is 0.999. The molecule has 1 aliphatic rings. The van der Waals surface area contributed by atoms with E-state index in [-0.39, 0.29) is 17.9 Å². The molecule has 136 valence electrons. The Morgan fingerprint density at radius 3 is 2.73 bits per heavy atom. The van der Waals surface area contributed by atoms with Gasteiger partial charge in [-0.15, -0.1) is 11.3 Å². The highest BCUT2D eigenvalue weighted by atomic mass is 32.1. The van der Waals surface area contributed by atoms with E-state index in [4.69, 9.17) is 4.74 Å². The van der Waals surface area contributed by atoms with Crippen molar-refractivity contribution < 1.29 is 19.2 Å². The number of hydrogen-bond donors (Lipinski definition) is 1. The number of fused-ring (bicyclic) bond motifs is 1. The first-order valence-electron chi connectivity index (χ1n) is 8.39. The quantitative estimate of drug-likeness (QED) is 0.485. The van der Waals surface area contributed by atoms with Crippen LogP contribution in [0.4, 0.5) is 10.7 Å². The van der Waals surface area contributed by atoms with Crippen molar-refractivity contribution >= 4 is 33.9 Å². The van der Waals surface area contributed by atoms with Gasteiger partial charge in [0.1, 0.15) is 10.6 Å². The molecule has 7 nitrogen and oxygen atoms in total. The van der Waals surface area contributed by atoms with Crippen LogP contribution in [0.25, 0.3) is 0 Å². The molecule has 0 fully saturated rings. The molecule has 0 unspecified atom stereocenters. The third-order valence-corrected chi connectivity index (χ3v) is 5.43. The second-order valence-electron chi connectivity index (χ2n) is 5.86. The van der Waals surface area contributed by atoms with E-state index in [2.05, 4.69) is 5.32 Å². The molecule has 0 saturated heterocycles. The van der Waals surface area contributed by atoms with Crippen LogP contribution in [0.1, 0.15) is 50.9 Å². The van der Waals surface area contributed by atoms with Crippen LogP contribution >= 0.6 is 11.3 Å². The van der Waals surface area contributed by atoms with Gasteiger partial charge in [-0.25, -0.2) is 4.79 Å². The lowest BCUT2D eigenvalue weighted by Gasteiger charge is -2.12. The summed E-state index contributed by atoms with van der Waals surface area (Å²) in [5, 5.41) is 14.2. The number of esters is 1. The highest BCUT2D eigenvalue weighted by Gasteiger charge is 2.28. The van der Waals surface area contributed by atoms with Gasteiger partial charge in [-0.3, -0.25) is 14.9 Å². The van der Waals surface area contributed by atoms with Crippen LogP contribution in [0.3, 0.4) is 0 Å². The summed E-state index contributed by atoms with van der Waals surface area (Å²) in [6.07, 6.45) is 3.64. The van der Waals surface area contributed by atoms with Gasteiger partial charge in [0.2, 0.25) is 0 Å². The maximum Gasteiger partial charge on any atom is 0.341 e. The van der Waals surface area contributed by atoms with Crippen molar-refractivity contribution in [1.82, 2.24) is 0 Å². The number of thiophene rings is 1. The Hall–Kier alpha value is -2.74. The summed E-state index contributed by atoms with van der Waals surface area (Å²) in [7, 11) is 0. The lowest BCUT2D eigenvalue weighted by atomic mass is 9.95. The molecule has 1 aromatic heterocycles. The maximum absolute atomic E-state index is 12.6. The Morgan fingerprint density at radius 2 is 2.00 bits per heavy atom. The maximum atomic E-state index is 12.6. The van der Waals surface area contributed by atoms with Gasteiger partial charge in [-0.05, 0) is 44.2 Å². The number of benzene rings is 1. The van der Waals surface area contributed by atoms with Crippen molar-refractivity contribution in [1.29, 1.82) is 0 Å². The number of hydrogen-bond acceptors (Lipinski definition) is 6. The molecule has 0 spiro atoms. The lowest BCUT2D eigenvalue weighted by Crippen LogP contribution is -2.16. The second-order valence-corrected chi connectivity index (χ2v) is 6.97. The van der Waals surface area contributed by atoms with Crippen LogP contribution in [-0.2, 0) is 17.6 Å². The van der Waals surface area contributed by atoms with Crippen LogP contribution in [0.15, 0.2) is 24.3 Å². The topological polar surface area (TPSA) is 98.5 Å². The first-order valence-corrected chi connectivity index (χ1v) is 9.21. The van der Waals surface area contributed by atoms with Crippen molar-refractivity contribution in [2.75, 3.05) is 11.9 Å². The van der Waals surface area contributed by atoms with E-state index in [1.54, 1.807) is 13.0 Å². The fourth-order valence-corrected chi connectivity index (χ4v) is 4.34. The average molecular weight is 374 g/mol. The Kier molecular flexibility index (Phi) is 5.32. The van der Waals surface area contributed by atoms with Crippen LogP contribution in [0.2, 0.25) is 0 Å². The first kappa shape index (κ1) is 18.1. The molecule has 0 bridgehead atoms. The van der Waals surface area contributed by atoms with E-state index in [0.29, 0.717) is 10.6 Å². The highest BCUT2D eigenvalue weighted by Crippen LogP contribution is 2.39. The van der Waals surface area contributed by atoms with E-state index < -0.39 is 16.8 Å². The number of anilines is 1. The molecule has 1 aliphatic carbocycles. The number of amides is 1. The van der Waals surface area contributed by atoms with Crippen molar-refractivity contribution in [3.63, 3.8) is 0 Å². The summed E-state index contributed by atoms with van der Waals surface area (Å²) >= 11 is 1.35. The van der Waals surface area contributed by atoms with Gasteiger partial charge in [0, 0.05) is 10.9 Å². The molecule has 0 saturated carbocycles. The SMILES string of the molecule is CCOC(=O)c1c(NC(=O)c2ccccc2[N+](=O)[O-])sc2c1CCCC2. The van der Waals surface area contributed by atoms with E-state index in [1.807, 2.05) is 0 Å². The predicted molar refractivity (Wildman–Crippen MR) is 98.0 cm³/mol. The lowest BCUT2D eigenvalue weighted by molar-refractivity contribution is -0.385. The normalized spacial score (nSPS) is 13.0. The van der Waals surface area contributed by atoms with Gasteiger partial charge in [0.25, 0.3) is 11.6 Å². The van der Waals surface area contributed by atoms with E-state index >= 15 is 0 Å². The molecular formula is C18H18N2O5S. The van der Waals surface area contributed by atoms with Gasteiger partial charge in [-0.2, -0.15) is 0 Å². The van der Waals surface area contributed by atoms with Crippen LogP contribution in [-0.4, -0.2) is 23.4 Å². The number of nitrogens with zero attached hydrogens (tertiary/aromatic N) is 1. The molecule has 1 amide bonds. The van der Waals surface area contributed by atoms with Crippen molar-refractivity contribution in [2.45, 2.75) is 32.6 Å². The average Bonchev–Trinajstić information content (AvgIpc) is 2.99. The third kappa shape index (κ3) is 3.45. The molecule has 0 atom stereocenters. The minimum absolute atomic E-state index is 0.0429. The van der Waals surface area contributed by atoms with E-state index in [1.165, 1.54) is 29.5 Å². The zero-order valence-corrected chi connectivity index (χ0v) is 15.1. The van der Waals surface area contributed by atoms with Gasteiger partial charge >= 0.3 is 5.97 Å². The predicted octanol–water partition coefficient (Wildman–Crippen LogP) is 3.96. The number of carbonyl (C=O) groups excluding carboxylic acids is 2. The Morgan fingerprint density at radius 1 is 1.27 bits per heavy atom. The van der Waals surface area contributed by atoms with E-state index in [9.17, 15) is 19.7 Å². The molecule has 0 aliphatic heterocycles. The van der Waals surface area contributed by atoms with E-state index in [0.717, 1.165) is 36.1 Å². The minimum Gasteiger partial charge on any atom is -0.462 e. The van der Waals surface area contributed by atoms with Gasteiger partial charge in [-0.1, -0.05) is 12.1 Å². The molecule has 1 N–H and O–H groups in total. The molecule has 2 aromatic rings. The zero-order chi connectivity index (χ0) is 18.7. The summed E-state index contributed by atoms with van der Waals surface area (Å²) in [4.78, 5) is 36.7. The molecular weight excluding hydrogens is 356 g/mol. The summed E-state index contributed by atoms with van der Waals surface area (Å²) < 4.78 is 5.15. The monoisotopic (exact) mass is 374 g/mol. The van der Waals surface area contributed by atoms with Crippen molar-refractivity contribution in [2.24, 2.45) is 0 Å². The first-order chi connectivity index (χ1) is 12.5. The van der Waals surface area contributed by atoms with Crippen LogP contribution in [0.5, 0.6) is 0 Å². The Bertz CT molecular complexity index is 874. The van der Waals surface area contributed by atoms with Crippen LogP contribution < -0.4 is 5.32 Å². The van der Waals surface area contributed by atoms with Crippen molar-refractivity contribution in [3.05, 3.63) is 55.9 Å². The minimum atomic E-state index is -0.610. The standard InChI is InChI=1S/C18H18N2O5S/c1-2-25-18(22)15-12-8-4-6-10-14(12)26-17(15)19-16(21)11-7-3-5-9-13(11)20(23)24/h3,5,7,9H,2,4,6,8,10H2,1H3,(H,19,21). The van der Waals surface area contributed by atoms with Crippen molar-refractivity contribution in [3.8, 4) is 0 Å². The largest absolute Gasteiger partial charge is 0.462 e. The number of nitro groups is 1. The van der Waals surface area contributed by atoms with Gasteiger partial charge in [0.05, 0.1) is 17.1 Å². The summed E-state index contributed by atoms with van der Waals surface area (Å²) in [6.45, 7) is 1.96. The Balaban J connectivity index is 1.97. The molecule has 1 heterocycles. The molecule has 0 radical (unpaired) electrons. The van der Waals surface area contributed by atoms with Gasteiger partial charge in [0.15, 0.2) is 0 Å². The number of nitro benzene ring substituents is 1. The number of rotatable bonds is 5. The summed E-state index contributed by atoms with van der Waals surface area (Å²) in [6, 6.07) is 5.74. The molecule has 26 heavy (non-hydrogen) atoms. The fraction of sp³-hybridized carbons (Fsp3) is 0.333. The number of aryl methyl sites for hydroxylation is 1. The fourth-order valence-electron chi connectivity index (χ4n) is 3.07. The molecule has 8 heteroatoms. The second kappa shape index (κ2) is 7.65.